The van der Waals surface area contributed by atoms with Crippen LogP contribution >= 0.6 is 0 Å². The summed E-state index contributed by atoms with van der Waals surface area (Å²) in [7, 11) is 0. The van der Waals surface area contributed by atoms with Gasteiger partial charge in [-0.15, -0.1) is 0 Å². The van der Waals surface area contributed by atoms with E-state index in [2.05, 4.69) is 43.1 Å². The standard InChI is InChI=1S/C40H37N3O4/c1-4-42(24-23-27(2)3)30-19-21-34-37(26-30)46-36-22-20-31(25-35(36)40(34)33-18-12-11-17-32(33)38(44)47-40)43(29-15-9-6-10-16-29)39(45)41-28-13-7-5-8-14-28/h5-22,25-27H,4,23-24H2,1-3H3,(H,41,45). The summed E-state index contributed by atoms with van der Waals surface area (Å²) in [5.41, 5.74) is 4.37. The summed E-state index contributed by atoms with van der Waals surface area (Å²) in [6.07, 6.45) is 1.07. The van der Waals surface area contributed by atoms with E-state index in [1.807, 2.05) is 103 Å². The fourth-order valence-corrected chi connectivity index (χ4v) is 6.53. The van der Waals surface area contributed by atoms with Gasteiger partial charge in [0.1, 0.15) is 11.5 Å². The molecule has 0 bridgehead atoms. The van der Waals surface area contributed by atoms with Crippen molar-refractivity contribution in [1.82, 2.24) is 0 Å². The fourth-order valence-electron chi connectivity index (χ4n) is 6.53. The molecule has 0 saturated heterocycles. The Morgan fingerprint density at radius 3 is 2.19 bits per heavy atom. The number of benzene rings is 5. The second-order valence-electron chi connectivity index (χ2n) is 12.3. The predicted molar refractivity (Wildman–Crippen MR) is 186 cm³/mol. The van der Waals surface area contributed by atoms with Crippen molar-refractivity contribution in [3.05, 3.63) is 144 Å². The van der Waals surface area contributed by atoms with Crippen molar-refractivity contribution < 1.29 is 19.1 Å². The van der Waals surface area contributed by atoms with Crippen molar-refractivity contribution >= 4 is 34.7 Å². The Morgan fingerprint density at radius 1 is 0.745 bits per heavy atom. The first-order valence-corrected chi connectivity index (χ1v) is 16.1. The van der Waals surface area contributed by atoms with Gasteiger partial charge in [0.05, 0.1) is 16.9 Å². The molecule has 5 aromatic rings. The van der Waals surface area contributed by atoms with Gasteiger partial charge in [-0.1, -0.05) is 68.4 Å². The molecule has 47 heavy (non-hydrogen) atoms. The van der Waals surface area contributed by atoms with Gasteiger partial charge in [-0.3, -0.25) is 4.90 Å². The largest absolute Gasteiger partial charge is 0.456 e. The number of nitrogens with one attached hydrogen (secondary N) is 1. The second kappa shape index (κ2) is 12.3. The number of hydrogen-bond acceptors (Lipinski definition) is 5. The SMILES string of the molecule is CCN(CCC(C)C)c1ccc2c(c1)Oc1ccc(N(C(=O)Nc3ccccc3)c3ccccc3)cc1C21OC(=O)c2ccccc21. The van der Waals surface area contributed by atoms with Crippen LogP contribution in [0.4, 0.5) is 27.5 Å². The first-order valence-electron chi connectivity index (χ1n) is 16.1. The highest BCUT2D eigenvalue weighted by Crippen LogP contribution is 2.57. The van der Waals surface area contributed by atoms with Crippen LogP contribution in [0.3, 0.4) is 0 Å². The summed E-state index contributed by atoms with van der Waals surface area (Å²) >= 11 is 0. The van der Waals surface area contributed by atoms with Crippen LogP contribution < -0.4 is 19.9 Å². The van der Waals surface area contributed by atoms with Crippen molar-refractivity contribution in [2.45, 2.75) is 32.8 Å². The molecule has 2 aliphatic rings. The predicted octanol–water partition coefficient (Wildman–Crippen LogP) is 9.50. The lowest BCUT2D eigenvalue weighted by Crippen LogP contribution is -2.35. The van der Waals surface area contributed by atoms with Crippen molar-refractivity contribution in [1.29, 1.82) is 0 Å². The molecular formula is C40H37N3O4. The monoisotopic (exact) mass is 623 g/mol. The molecule has 1 spiro atoms. The van der Waals surface area contributed by atoms with E-state index >= 15 is 0 Å². The smallest absolute Gasteiger partial charge is 0.340 e. The van der Waals surface area contributed by atoms with E-state index in [-0.39, 0.29) is 6.03 Å². The van der Waals surface area contributed by atoms with Crippen LogP contribution in [0.2, 0.25) is 0 Å². The molecule has 5 aromatic carbocycles. The third kappa shape index (κ3) is 5.37. The molecule has 0 aliphatic carbocycles. The minimum absolute atomic E-state index is 0.331. The average Bonchev–Trinajstić information content (AvgIpc) is 3.38. The normalized spacial score (nSPS) is 15.7. The molecule has 7 rings (SSSR count). The second-order valence-corrected chi connectivity index (χ2v) is 12.3. The molecule has 0 fully saturated rings. The Labute approximate surface area is 275 Å². The molecule has 2 aliphatic heterocycles. The number of carbonyl (C=O) groups is 2. The molecule has 1 atom stereocenters. The molecule has 7 heteroatoms. The molecule has 1 N–H and O–H groups in total. The van der Waals surface area contributed by atoms with Crippen molar-refractivity contribution in [2.75, 3.05) is 28.2 Å². The van der Waals surface area contributed by atoms with Gasteiger partial charge in [0.25, 0.3) is 0 Å². The van der Waals surface area contributed by atoms with E-state index in [4.69, 9.17) is 9.47 Å². The van der Waals surface area contributed by atoms with Gasteiger partial charge in [-0.05, 0) is 79.9 Å². The highest BCUT2D eigenvalue weighted by Gasteiger charge is 2.53. The number of nitrogens with zero attached hydrogens (tertiary/aromatic N) is 2. The van der Waals surface area contributed by atoms with E-state index in [9.17, 15) is 9.59 Å². The van der Waals surface area contributed by atoms with Gasteiger partial charge in [-0.25, -0.2) is 9.59 Å². The maximum Gasteiger partial charge on any atom is 0.340 e. The number of anilines is 4. The molecule has 7 nitrogen and oxygen atoms in total. The van der Waals surface area contributed by atoms with Gasteiger partial charge in [-0.2, -0.15) is 0 Å². The summed E-state index contributed by atoms with van der Waals surface area (Å²) in [6, 6.07) is 37.8. The number of hydrogen-bond donors (Lipinski definition) is 1. The van der Waals surface area contributed by atoms with Crippen LogP contribution in [0.5, 0.6) is 11.5 Å². The zero-order chi connectivity index (χ0) is 32.5. The maximum absolute atomic E-state index is 14.0. The van der Waals surface area contributed by atoms with E-state index in [1.165, 1.54) is 0 Å². The molecule has 2 amide bonds. The Kier molecular flexibility index (Phi) is 7.90. The van der Waals surface area contributed by atoms with Gasteiger partial charge in [0.2, 0.25) is 0 Å². The summed E-state index contributed by atoms with van der Waals surface area (Å²) in [6.45, 7) is 8.40. The summed E-state index contributed by atoms with van der Waals surface area (Å²) in [5.74, 6) is 1.38. The van der Waals surface area contributed by atoms with Crippen molar-refractivity contribution in [2.24, 2.45) is 5.92 Å². The first-order chi connectivity index (χ1) is 22.9. The van der Waals surface area contributed by atoms with E-state index in [0.717, 1.165) is 36.3 Å². The van der Waals surface area contributed by atoms with Crippen LogP contribution in [0.1, 0.15) is 54.2 Å². The molecule has 0 aromatic heterocycles. The Balaban J connectivity index is 1.38. The number of para-hydroxylation sites is 2. The zero-order valence-corrected chi connectivity index (χ0v) is 26.8. The summed E-state index contributed by atoms with van der Waals surface area (Å²) in [4.78, 5) is 31.5. The lowest BCUT2D eigenvalue weighted by molar-refractivity contribution is 0.0224. The highest BCUT2D eigenvalue weighted by atomic mass is 16.6. The Bertz CT molecular complexity index is 1940. The van der Waals surface area contributed by atoms with E-state index in [0.29, 0.717) is 45.6 Å². The third-order valence-electron chi connectivity index (χ3n) is 8.90. The molecule has 2 heterocycles. The number of urea groups is 1. The number of carbonyl (C=O) groups excluding carboxylic acids is 2. The molecule has 1 unspecified atom stereocenters. The molecule has 0 saturated carbocycles. The van der Waals surface area contributed by atoms with Crippen LogP contribution in [-0.4, -0.2) is 25.1 Å². The molecule has 236 valence electrons. The quantitative estimate of drug-likeness (QED) is 0.174. The molecular weight excluding hydrogens is 586 g/mol. The van der Waals surface area contributed by atoms with E-state index < -0.39 is 11.6 Å². The van der Waals surface area contributed by atoms with Crippen LogP contribution in [-0.2, 0) is 10.3 Å². The van der Waals surface area contributed by atoms with Crippen molar-refractivity contribution in [3.63, 3.8) is 0 Å². The fraction of sp³-hybridized carbons (Fsp3) is 0.200. The Morgan fingerprint density at radius 2 is 1.45 bits per heavy atom. The summed E-state index contributed by atoms with van der Waals surface area (Å²) < 4.78 is 13.1. The third-order valence-corrected chi connectivity index (χ3v) is 8.90. The van der Waals surface area contributed by atoms with Crippen molar-refractivity contribution in [3.8, 4) is 11.5 Å². The number of amides is 2. The van der Waals surface area contributed by atoms with Gasteiger partial charge in [0, 0.05) is 47.2 Å². The first kappa shape index (κ1) is 30.1. The summed E-state index contributed by atoms with van der Waals surface area (Å²) in [5, 5.41) is 3.02. The van der Waals surface area contributed by atoms with E-state index in [1.54, 1.807) is 11.0 Å². The zero-order valence-electron chi connectivity index (χ0n) is 26.8. The van der Waals surface area contributed by atoms with Gasteiger partial charge >= 0.3 is 12.0 Å². The minimum atomic E-state index is -1.27. The average molecular weight is 624 g/mol. The maximum atomic E-state index is 14.0. The minimum Gasteiger partial charge on any atom is -0.456 e. The number of fused-ring (bicyclic) bond motifs is 6. The number of esters is 1. The molecule has 0 radical (unpaired) electrons. The Hall–Kier alpha value is -5.56. The van der Waals surface area contributed by atoms with Crippen LogP contribution in [0.15, 0.2) is 121 Å². The van der Waals surface area contributed by atoms with Crippen LogP contribution in [0.25, 0.3) is 0 Å². The van der Waals surface area contributed by atoms with Gasteiger partial charge < -0.3 is 19.7 Å². The lowest BCUT2D eigenvalue weighted by Gasteiger charge is -2.38. The van der Waals surface area contributed by atoms with Crippen LogP contribution in [0, 0.1) is 5.92 Å². The number of ether oxygens (including phenoxy) is 2. The van der Waals surface area contributed by atoms with Gasteiger partial charge in [0.15, 0.2) is 5.60 Å². The highest BCUT2D eigenvalue weighted by molar-refractivity contribution is 6.07. The topological polar surface area (TPSA) is 71.1 Å². The number of rotatable bonds is 8. The lowest BCUT2D eigenvalue weighted by atomic mass is 9.77.